The first-order valence-electron chi connectivity index (χ1n) is 6.05. The van der Waals surface area contributed by atoms with E-state index in [2.05, 4.69) is 9.72 Å². The zero-order chi connectivity index (χ0) is 15.0. The van der Waals surface area contributed by atoms with Crippen LogP contribution in [0.3, 0.4) is 0 Å². The Morgan fingerprint density at radius 1 is 1.00 bits per heavy atom. The standard InChI is InChI=1S/C15H9ClF3NO/c16-11-5-4-10-7-13(20-14(10)8-11)9-2-1-3-12(6-9)21-15(17,18)19/h1-8,20H. The van der Waals surface area contributed by atoms with Crippen molar-refractivity contribution in [3.05, 3.63) is 53.6 Å². The molecule has 0 saturated heterocycles. The number of alkyl halides is 3. The summed E-state index contributed by atoms with van der Waals surface area (Å²) in [6.07, 6.45) is -4.70. The number of benzene rings is 2. The number of fused-ring (bicyclic) bond motifs is 1. The molecule has 0 fully saturated rings. The Hall–Kier alpha value is -2.14. The minimum atomic E-state index is -4.70. The van der Waals surface area contributed by atoms with Crippen molar-refractivity contribution in [2.24, 2.45) is 0 Å². The lowest BCUT2D eigenvalue weighted by Gasteiger charge is -2.09. The molecular weight excluding hydrogens is 303 g/mol. The highest BCUT2D eigenvalue weighted by atomic mass is 35.5. The second-order valence-electron chi connectivity index (χ2n) is 4.49. The molecule has 0 aliphatic rings. The summed E-state index contributed by atoms with van der Waals surface area (Å²) in [7, 11) is 0. The van der Waals surface area contributed by atoms with Gasteiger partial charge in [-0.25, -0.2) is 0 Å². The van der Waals surface area contributed by atoms with Gasteiger partial charge in [-0.15, -0.1) is 13.2 Å². The molecule has 0 unspecified atom stereocenters. The Labute approximate surface area is 123 Å². The molecule has 1 aromatic heterocycles. The highest BCUT2D eigenvalue weighted by Gasteiger charge is 2.31. The second kappa shape index (κ2) is 5.00. The van der Waals surface area contributed by atoms with Crippen LogP contribution in [0, 0.1) is 0 Å². The molecule has 0 amide bonds. The van der Waals surface area contributed by atoms with Crippen molar-refractivity contribution in [3.63, 3.8) is 0 Å². The summed E-state index contributed by atoms with van der Waals surface area (Å²) >= 11 is 5.91. The quantitative estimate of drug-likeness (QED) is 0.674. The Morgan fingerprint density at radius 2 is 1.81 bits per heavy atom. The van der Waals surface area contributed by atoms with Crippen LogP contribution in [0.1, 0.15) is 0 Å². The SMILES string of the molecule is FC(F)(F)Oc1cccc(-c2cc3ccc(Cl)cc3[nH]2)c1. The number of hydrogen-bond acceptors (Lipinski definition) is 1. The van der Waals surface area contributed by atoms with Crippen LogP contribution in [-0.2, 0) is 0 Å². The van der Waals surface area contributed by atoms with Crippen LogP contribution in [0.15, 0.2) is 48.5 Å². The Balaban J connectivity index is 2.00. The van der Waals surface area contributed by atoms with Gasteiger partial charge in [0.05, 0.1) is 0 Å². The molecule has 0 bridgehead atoms. The van der Waals surface area contributed by atoms with Crippen LogP contribution >= 0.6 is 11.6 Å². The molecule has 3 aromatic rings. The maximum atomic E-state index is 12.2. The zero-order valence-electron chi connectivity index (χ0n) is 10.5. The Bertz CT molecular complexity index is 795. The van der Waals surface area contributed by atoms with Gasteiger partial charge in [0, 0.05) is 27.2 Å². The molecule has 0 aliphatic carbocycles. The number of nitrogens with one attached hydrogen (secondary N) is 1. The van der Waals surface area contributed by atoms with E-state index in [1.807, 2.05) is 12.1 Å². The van der Waals surface area contributed by atoms with Crippen molar-refractivity contribution < 1.29 is 17.9 Å². The molecule has 0 saturated carbocycles. The number of hydrogen-bond donors (Lipinski definition) is 1. The lowest BCUT2D eigenvalue weighted by Crippen LogP contribution is -2.17. The van der Waals surface area contributed by atoms with Gasteiger partial charge in [-0.1, -0.05) is 29.8 Å². The molecule has 0 atom stereocenters. The fourth-order valence-corrected chi connectivity index (χ4v) is 2.29. The van der Waals surface area contributed by atoms with Gasteiger partial charge in [-0.2, -0.15) is 0 Å². The molecule has 108 valence electrons. The molecule has 0 spiro atoms. The largest absolute Gasteiger partial charge is 0.573 e. The summed E-state index contributed by atoms with van der Waals surface area (Å²) in [6.45, 7) is 0. The number of aromatic nitrogens is 1. The van der Waals surface area contributed by atoms with Crippen LogP contribution in [0.5, 0.6) is 5.75 Å². The van der Waals surface area contributed by atoms with Crippen molar-refractivity contribution in [1.82, 2.24) is 4.98 Å². The smallest absolute Gasteiger partial charge is 0.406 e. The van der Waals surface area contributed by atoms with Crippen LogP contribution in [-0.4, -0.2) is 11.3 Å². The molecular formula is C15H9ClF3NO. The molecule has 0 aliphatic heterocycles. The molecule has 1 heterocycles. The van der Waals surface area contributed by atoms with Crippen LogP contribution in [0.4, 0.5) is 13.2 Å². The van der Waals surface area contributed by atoms with E-state index in [0.29, 0.717) is 16.3 Å². The van der Waals surface area contributed by atoms with Crippen molar-refractivity contribution in [2.75, 3.05) is 0 Å². The van der Waals surface area contributed by atoms with Crippen molar-refractivity contribution in [3.8, 4) is 17.0 Å². The molecule has 1 N–H and O–H groups in total. The Morgan fingerprint density at radius 3 is 2.57 bits per heavy atom. The zero-order valence-corrected chi connectivity index (χ0v) is 11.3. The van der Waals surface area contributed by atoms with Gasteiger partial charge < -0.3 is 9.72 Å². The normalized spacial score (nSPS) is 11.8. The molecule has 0 radical (unpaired) electrons. The molecule has 3 rings (SSSR count). The van der Waals surface area contributed by atoms with E-state index in [0.717, 1.165) is 10.9 Å². The predicted molar refractivity (Wildman–Crippen MR) is 75.4 cm³/mol. The number of halogens is 4. The molecule has 6 heteroatoms. The van der Waals surface area contributed by atoms with Crippen LogP contribution in [0.2, 0.25) is 5.02 Å². The molecule has 2 nitrogen and oxygen atoms in total. The number of rotatable bonds is 2. The van der Waals surface area contributed by atoms with Crippen LogP contribution in [0.25, 0.3) is 22.2 Å². The first-order valence-corrected chi connectivity index (χ1v) is 6.43. The van der Waals surface area contributed by atoms with Gasteiger partial charge in [0.2, 0.25) is 0 Å². The average Bonchev–Trinajstić information content (AvgIpc) is 2.80. The third-order valence-corrected chi connectivity index (χ3v) is 3.20. The number of ether oxygens (including phenoxy) is 1. The second-order valence-corrected chi connectivity index (χ2v) is 4.93. The highest BCUT2D eigenvalue weighted by molar-refractivity contribution is 6.31. The minimum absolute atomic E-state index is 0.253. The lowest BCUT2D eigenvalue weighted by molar-refractivity contribution is -0.274. The summed E-state index contributed by atoms with van der Waals surface area (Å²) in [5.74, 6) is -0.253. The van der Waals surface area contributed by atoms with Crippen molar-refractivity contribution in [1.29, 1.82) is 0 Å². The lowest BCUT2D eigenvalue weighted by atomic mass is 10.1. The summed E-state index contributed by atoms with van der Waals surface area (Å²) in [6, 6.07) is 13.0. The van der Waals surface area contributed by atoms with E-state index < -0.39 is 6.36 Å². The highest BCUT2D eigenvalue weighted by Crippen LogP contribution is 2.30. The van der Waals surface area contributed by atoms with Gasteiger partial charge in [0.15, 0.2) is 0 Å². The number of H-pyrrole nitrogens is 1. The number of aromatic amines is 1. The van der Waals surface area contributed by atoms with E-state index in [-0.39, 0.29) is 5.75 Å². The monoisotopic (exact) mass is 311 g/mol. The molecule has 21 heavy (non-hydrogen) atoms. The summed E-state index contributed by atoms with van der Waals surface area (Å²) in [4.78, 5) is 3.12. The first kappa shape index (κ1) is 13.8. The van der Waals surface area contributed by atoms with E-state index in [4.69, 9.17) is 11.6 Å². The third kappa shape index (κ3) is 3.13. The van der Waals surface area contributed by atoms with Crippen LogP contribution < -0.4 is 4.74 Å². The summed E-state index contributed by atoms with van der Waals surface area (Å²) < 4.78 is 40.6. The average molecular weight is 312 g/mol. The fourth-order valence-electron chi connectivity index (χ4n) is 2.12. The van der Waals surface area contributed by atoms with Gasteiger partial charge in [0.25, 0.3) is 0 Å². The van der Waals surface area contributed by atoms with Gasteiger partial charge in [-0.3, -0.25) is 0 Å². The summed E-state index contributed by atoms with van der Waals surface area (Å²) in [5, 5.41) is 1.52. The maximum absolute atomic E-state index is 12.2. The maximum Gasteiger partial charge on any atom is 0.573 e. The van der Waals surface area contributed by atoms with Gasteiger partial charge >= 0.3 is 6.36 Å². The third-order valence-electron chi connectivity index (χ3n) is 2.96. The van der Waals surface area contributed by atoms with E-state index in [1.54, 1.807) is 18.2 Å². The van der Waals surface area contributed by atoms with Crippen molar-refractivity contribution >= 4 is 22.5 Å². The van der Waals surface area contributed by atoms with E-state index in [9.17, 15) is 13.2 Å². The van der Waals surface area contributed by atoms with E-state index in [1.165, 1.54) is 18.2 Å². The van der Waals surface area contributed by atoms with Crippen molar-refractivity contribution in [2.45, 2.75) is 6.36 Å². The summed E-state index contributed by atoms with van der Waals surface area (Å²) in [5.41, 5.74) is 2.11. The Kier molecular flexibility index (Phi) is 3.29. The predicted octanol–water partition coefficient (Wildman–Crippen LogP) is 5.39. The topological polar surface area (TPSA) is 25.0 Å². The minimum Gasteiger partial charge on any atom is -0.406 e. The fraction of sp³-hybridized carbons (Fsp3) is 0.0667. The molecule has 2 aromatic carbocycles. The van der Waals surface area contributed by atoms with Gasteiger partial charge in [0.1, 0.15) is 5.75 Å². The van der Waals surface area contributed by atoms with Gasteiger partial charge in [-0.05, 0) is 30.3 Å². The first-order chi connectivity index (χ1) is 9.90. The van der Waals surface area contributed by atoms with E-state index >= 15 is 0 Å².